The summed E-state index contributed by atoms with van der Waals surface area (Å²) in [5.74, 6) is 0.865. The number of ether oxygens (including phenoxy) is 1. The molecule has 7 heteroatoms. The number of benzene rings is 2. The van der Waals surface area contributed by atoms with Gasteiger partial charge in [0.1, 0.15) is 5.75 Å². The molecule has 0 spiro atoms. The molecule has 1 aliphatic rings. The first-order valence-corrected chi connectivity index (χ1v) is 12.3. The molecule has 2 aromatic rings. The molecule has 3 rings (SSSR count). The Bertz CT molecular complexity index is 1030. The van der Waals surface area contributed by atoms with E-state index in [1.165, 1.54) is 4.31 Å². The molecule has 1 heterocycles. The predicted molar refractivity (Wildman–Crippen MR) is 122 cm³/mol. The van der Waals surface area contributed by atoms with Crippen LogP contribution in [0.2, 0.25) is 0 Å². The molecule has 0 bridgehead atoms. The third-order valence-electron chi connectivity index (χ3n) is 5.72. The zero-order valence-corrected chi connectivity index (χ0v) is 19.6. The van der Waals surface area contributed by atoms with E-state index in [0.717, 1.165) is 34.4 Å². The number of nitrogens with zero attached hydrogens (tertiary/aromatic N) is 1. The van der Waals surface area contributed by atoms with Gasteiger partial charge in [0.05, 0.1) is 17.5 Å². The number of carbonyl (C=O) groups is 1. The molecule has 1 amide bonds. The van der Waals surface area contributed by atoms with Gasteiger partial charge in [-0.1, -0.05) is 43.7 Å². The summed E-state index contributed by atoms with van der Waals surface area (Å²) >= 11 is 0. The van der Waals surface area contributed by atoms with Crippen molar-refractivity contribution in [2.24, 2.45) is 0 Å². The van der Waals surface area contributed by atoms with Crippen molar-refractivity contribution >= 4 is 15.9 Å². The van der Waals surface area contributed by atoms with Gasteiger partial charge in [0.25, 0.3) is 0 Å². The molecular weight excluding hydrogens is 412 g/mol. The molecule has 1 aliphatic heterocycles. The summed E-state index contributed by atoms with van der Waals surface area (Å²) in [6.45, 7) is 9.20. The van der Waals surface area contributed by atoms with Gasteiger partial charge in [0.15, 0.2) is 0 Å². The Hall–Kier alpha value is -2.38. The molecule has 1 atom stereocenters. The minimum Gasteiger partial charge on any atom is -0.493 e. The molecule has 0 aliphatic carbocycles. The van der Waals surface area contributed by atoms with Crippen LogP contribution in [-0.2, 0) is 21.2 Å². The van der Waals surface area contributed by atoms with Crippen LogP contribution in [0.15, 0.2) is 41.3 Å². The summed E-state index contributed by atoms with van der Waals surface area (Å²) in [6.07, 6.45) is 1.65. The van der Waals surface area contributed by atoms with Crippen LogP contribution in [0.25, 0.3) is 0 Å². The summed E-state index contributed by atoms with van der Waals surface area (Å²) in [7, 11) is -3.46. The fourth-order valence-electron chi connectivity index (χ4n) is 4.09. The van der Waals surface area contributed by atoms with Crippen LogP contribution in [0.5, 0.6) is 5.75 Å². The molecule has 1 unspecified atom stereocenters. The highest BCUT2D eigenvalue weighted by Crippen LogP contribution is 2.35. The van der Waals surface area contributed by atoms with E-state index in [4.69, 9.17) is 4.74 Å². The summed E-state index contributed by atoms with van der Waals surface area (Å²) in [6, 6.07) is 11.0. The lowest BCUT2D eigenvalue weighted by atomic mass is 9.95. The molecule has 31 heavy (non-hydrogen) atoms. The van der Waals surface area contributed by atoms with Crippen molar-refractivity contribution in [2.45, 2.75) is 57.9 Å². The van der Waals surface area contributed by atoms with Crippen molar-refractivity contribution in [2.75, 3.05) is 19.7 Å². The molecule has 0 saturated heterocycles. The maximum Gasteiger partial charge on any atom is 0.243 e. The number of hydrogen-bond donors (Lipinski definition) is 1. The number of fused-ring (bicyclic) bond motifs is 1. The molecule has 0 fully saturated rings. The molecule has 6 nitrogen and oxygen atoms in total. The summed E-state index contributed by atoms with van der Waals surface area (Å²) in [4.78, 5) is 12.9. The molecule has 2 aromatic carbocycles. The number of nitrogens with one attached hydrogen (secondary N) is 1. The van der Waals surface area contributed by atoms with Crippen molar-refractivity contribution in [1.82, 2.24) is 9.62 Å². The van der Waals surface area contributed by atoms with E-state index in [0.29, 0.717) is 32.5 Å². The Morgan fingerprint density at radius 1 is 1.13 bits per heavy atom. The third kappa shape index (κ3) is 5.28. The topological polar surface area (TPSA) is 75.7 Å². The van der Waals surface area contributed by atoms with E-state index in [2.05, 4.69) is 17.4 Å². The van der Waals surface area contributed by atoms with Gasteiger partial charge in [-0.15, -0.1) is 0 Å². The fraction of sp³-hybridized carbons (Fsp3) is 0.458. The largest absolute Gasteiger partial charge is 0.493 e. The van der Waals surface area contributed by atoms with Crippen molar-refractivity contribution in [1.29, 1.82) is 0 Å². The summed E-state index contributed by atoms with van der Waals surface area (Å²) in [5, 5.41) is 3.14. The van der Waals surface area contributed by atoms with Crippen LogP contribution in [0.3, 0.4) is 0 Å². The Morgan fingerprint density at radius 3 is 2.45 bits per heavy atom. The van der Waals surface area contributed by atoms with Gasteiger partial charge >= 0.3 is 0 Å². The highest BCUT2D eigenvalue weighted by molar-refractivity contribution is 7.89. The first kappa shape index (κ1) is 23.3. The molecule has 168 valence electrons. The van der Waals surface area contributed by atoms with Gasteiger partial charge in [0, 0.05) is 31.5 Å². The van der Waals surface area contributed by atoms with Crippen LogP contribution in [0.4, 0.5) is 0 Å². The molecule has 1 N–H and O–H groups in total. The van der Waals surface area contributed by atoms with Gasteiger partial charge in [-0.05, 0) is 43.5 Å². The maximum atomic E-state index is 12.6. The zero-order chi connectivity index (χ0) is 22.6. The second kappa shape index (κ2) is 9.83. The van der Waals surface area contributed by atoms with Crippen molar-refractivity contribution in [3.8, 4) is 5.75 Å². The average molecular weight is 445 g/mol. The lowest BCUT2D eigenvalue weighted by Gasteiger charge is -2.28. The average Bonchev–Trinajstić information content (AvgIpc) is 2.74. The minimum atomic E-state index is -3.46. The minimum absolute atomic E-state index is 0.0168. The van der Waals surface area contributed by atoms with E-state index >= 15 is 0 Å². The van der Waals surface area contributed by atoms with Crippen LogP contribution in [0.1, 0.15) is 55.0 Å². The normalized spacial score (nSPS) is 16.0. The van der Waals surface area contributed by atoms with Crippen LogP contribution in [-0.4, -0.2) is 38.3 Å². The highest BCUT2D eigenvalue weighted by atomic mass is 32.2. The predicted octanol–water partition coefficient (Wildman–Crippen LogP) is 3.91. The second-order valence-corrected chi connectivity index (χ2v) is 9.93. The van der Waals surface area contributed by atoms with Gasteiger partial charge in [-0.25, -0.2) is 8.42 Å². The first-order valence-electron chi connectivity index (χ1n) is 10.9. The van der Waals surface area contributed by atoms with Crippen LogP contribution < -0.4 is 10.1 Å². The van der Waals surface area contributed by atoms with Crippen molar-refractivity contribution in [3.63, 3.8) is 0 Å². The lowest BCUT2D eigenvalue weighted by Crippen LogP contribution is -2.32. The van der Waals surface area contributed by atoms with E-state index in [1.54, 1.807) is 24.3 Å². The Balaban J connectivity index is 1.61. The van der Waals surface area contributed by atoms with E-state index in [-0.39, 0.29) is 16.8 Å². The maximum absolute atomic E-state index is 12.6. The van der Waals surface area contributed by atoms with E-state index < -0.39 is 10.0 Å². The van der Waals surface area contributed by atoms with Crippen LogP contribution >= 0.6 is 0 Å². The quantitative estimate of drug-likeness (QED) is 0.670. The van der Waals surface area contributed by atoms with Crippen LogP contribution in [0, 0.1) is 13.8 Å². The number of aryl methyl sites for hydroxylation is 3. The standard InChI is InChI=1S/C24H32N2O4S/c1-5-26(6-2)31(28,29)20-10-7-19(8-11-20)9-12-23(27)25-22-13-14-30-24-18(4)15-17(3)16-21(22)24/h7-8,10-11,15-16,22H,5-6,9,12-14H2,1-4H3,(H,25,27). The second-order valence-electron chi connectivity index (χ2n) is 7.99. The van der Waals surface area contributed by atoms with Gasteiger partial charge in [-0.3, -0.25) is 4.79 Å². The Morgan fingerprint density at radius 2 is 1.81 bits per heavy atom. The third-order valence-corrected chi connectivity index (χ3v) is 7.78. The molecule has 0 radical (unpaired) electrons. The molecule has 0 aromatic heterocycles. The SMILES string of the molecule is CCN(CC)S(=O)(=O)c1ccc(CCC(=O)NC2CCOc3c(C)cc(C)cc32)cc1. The van der Waals surface area contributed by atoms with Gasteiger partial charge < -0.3 is 10.1 Å². The zero-order valence-electron chi connectivity index (χ0n) is 18.8. The summed E-state index contributed by atoms with van der Waals surface area (Å²) in [5.41, 5.74) is 4.23. The van der Waals surface area contributed by atoms with E-state index in [9.17, 15) is 13.2 Å². The summed E-state index contributed by atoms with van der Waals surface area (Å²) < 4.78 is 32.4. The van der Waals surface area contributed by atoms with E-state index in [1.807, 2.05) is 27.7 Å². The number of hydrogen-bond acceptors (Lipinski definition) is 4. The van der Waals surface area contributed by atoms with Gasteiger partial charge in [0.2, 0.25) is 15.9 Å². The smallest absolute Gasteiger partial charge is 0.243 e. The first-order chi connectivity index (χ1) is 14.8. The van der Waals surface area contributed by atoms with Crippen molar-refractivity contribution < 1.29 is 17.9 Å². The number of amides is 1. The highest BCUT2D eigenvalue weighted by Gasteiger charge is 2.25. The number of sulfonamides is 1. The molecule has 0 saturated carbocycles. The number of carbonyl (C=O) groups excluding carboxylic acids is 1. The monoisotopic (exact) mass is 444 g/mol. The Kier molecular flexibility index (Phi) is 7.38. The van der Waals surface area contributed by atoms with Crippen molar-refractivity contribution in [3.05, 3.63) is 58.7 Å². The van der Waals surface area contributed by atoms with Gasteiger partial charge in [-0.2, -0.15) is 4.31 Å². The Labute approximate surface area is 185 Å². The molecular formula is C24H32N2O4S. The number of rotatable bonds is 8. The lowest BCUT2D eigenvalue weighted by molar-refractivity contribution is -0.122. The fourth-order valence-corrected chi connectivity index (χ4v) is 5.55.